The van der Waals surface area contributed by atoms with E-state index in [-0.39, 0.29) is 12.1 Å². The van der Waals surface area contributed by atoms with Gasteiger partial charge in [-0.2, -0.15) is 0 Å². The third-order valence-corrected chi connectivity index (χ3v) is 4.62. The molecule has 0 bridgehead atoms. The van der Waals surface area contributed by atoms with Crippen molar-refractivity contribution in [3.8, 4) is 0 Å². The van der Waals surface area contributed by atoms with E-state index in [0.717, 1.165) is 34.1 Å². The molecule has 1 N–H and O–H groups in total. The molecule has 1 atom stereocenters. The fourth-order valence-electron chi connectivity index (χ4n) is 2.89. The molecule has 1 fully saturated rings. The van der Waals surface area contributed by atoms with Crippen molar-refractivity contribution in [1.82, 2.24) is 4.90 Å². The van der Waals surface area contributed by atoms with Gasteiger partial charge in [0.05, 0.1) is 5.56 Å². The Hall–Kier alpha value is -1.81. The Labute approximate surface area is 132 Å². The van der Waals surface area contributed by atoms with Crippen LogP contribution in [0.2, 0.25) is 0 Å². The third-order valence-electron chi connectivity index (χ3n) is 4.09. The predicted octanol–water partition coefficient (Wildman–Crippen LogP) is 4.18. The molecule has 4 rings (SSSR count). The number of carbonyl (C=O) groups is 1. The van der Waals surface area contributed by atoms with Gasteiger partial charge >= 0.3 is 0 Å². The van der Waals surface area contributed by atoms with Gasteiger partial charge in [-0.1, -0.05) is 40.2 Å². The number of hydrogen-bond acceptors (Lipinski definition) is 2. The fraction of sp³-hybridized carbons (Fsp3) is 0.235. The van der Waals surface area contributed by atoms with Crippen molar-refractivity contribution < 1.29 is 4.79 Å². The monoisotopic (exact) mass is 342 g/mol. The van der Waals surface area contributed by atoms with E-state index in [4.69, 9.17) is 0 Å². The summed E-state index contributed by atoms with van der Waals surface area (Å²) in [6, 6.07) is 16.3. The SMILES string of the molecule is O=C1c2ccccc2N[C@H](c2ccc(Br)cc2)N1C1CC1. The van der Waals surface area contributed by atoms with Crippen LogP contribution in [0.15, 0.2) is 53.0 Å². The van der Waals surface area contributed by atoms with Crippen LogP contribution in [0.25, 0.3) is 0 Å². The van der Waals surface area contributed by atoms with Gasteiger partial charge in [0.15, 0.2) is 0 Å². The van der Waals surface area contributed by atoms with Crippen LogP contribution in [-0.4, -0.2) is 16.8 Å². The molecule has 106 valence electrons. The molecule has 0 saturated heterocycles. The Kier molecular flexibility index (Phi) is 3.00. The van der Waals surface area contributed by atoms with E-state index in [1.807, 2.05) is 41.3 Å². The quantitative estimate of drug-likeness (QED) is 0.887. The van der Waals surface area contributed by atoms with Gasteiger partial charge in [0.1, 0.15) is 6.17 Å². The van der Waals surface area contributed by atoms with Crippen LogP contribution in [-0.2, 0) is 0 Å². The van der Waals surface area contributed by atoms with E-state index in [2.05, 4.69) is 33.4 Å². The zero-order chi connectivity index (χ0) is 14.4. The first-order chi connectivity index (χ1) is 10.2. The van der Waals surface area contributed by atoms with Gasteiger partial charge in [-0.05, 0) is 42.7 Å². The lowest BCUT2D eigenvalue weighted by molar-refractivity contribution is 0.0666. The smallest absolute Gasteiger partial charge is 0.258 e. The topological polar surface area (TPSA) is 32.3 Å². The highest BCUT2D eigenvalue weighted by molar-refractivity contribution is 9.10. The number of halogens is 1. The largest absolute Gasteiger partial charge is 0.361 e. The van der Waals surface area contributed by atoms with Crippen LogP contribution in [0.5, 0.6) is 0 Å². The van der Waals surface area contributed by atoms with Crippen molar-refractivity contribution in [2.24, 2.45) is 0 Å². The van der Waals surface area contributed by atoms with Crippen molar-refractivity contribution in [2.45, 2.75) is 25.0 Å². The number of fused-ring (bicyclic) bond motifs is 1. The van der Waals surface area contributed by atoms with Crippen LogP contribution in [0.4, 0.5) is 5.69 Å². The van der Waals surface area contributed by atoms with Gasteiger partial charge in [0.25, 0.3) is 5.91 Å². The Morgan fingerprint density at radius 1 is 1.05 bits per heavy atom. The molecule has 2 aliphatic rings. The van der Waals surface area contributed by atoms with Crippen LogP contribution in [0.1, 0.15) is 34.9 Å². The van der Waals surface area contributed by atoms with E-state index >= 15 is 0 Å². The summed E-state index contributed by atoms with van der Waals surface area (Å²) in [5, 5.41) is 3.52. The van der Waals surface area contributed by atoms with Crippen molar-refractivity contribution in [2.75, 3.05) is 5.32 Å². The summed E-state index contributed by atoms with van der Waals surface area (Å²) in [6.07, 6.45) is 2.12. The summed E-state index contributed by atoms with van der Waals surface area (Å²) in [7, 11) is 0. The molecule has 1 heterocycles. The Morgan fingerprint density at radius 3 is 2.48 bits per heavy atom. The molecular formula is C17H15BrN2O. The summed E-state index contributed by atoms with van der Waals surface area (Å²) < 4.78 is 1.05. The van der Waals surface area contributed by atoms with Crippen molar-refractivity contribution in [3.05, 3.63) is 64.1 Å². The van der Waals surface area contributed by atoms with Gasteiger partial charge in [-0.3, -0.25) is 4.79 Å². The fourth-order valence-corrected chi connectivity index (χ4v) is 3.15. The van der Waals surface area contributed by atoms with E-state index in [9.17, 15) is 4.79 Å². The average Bonchev–Trinajstić information content (AvgIpc) is 3.32. The lowest BCUT2D eigenvalue weighted by Gasteiger charge is -2.38. The molecule has 21 heavy (non-hydrogen) atoms. The minimum Gasteiger partial charge on any atom is -0.361 e. The molecule has 2 aromatic carbocycles. The normalized spacial score (nSPS) is 20.9. The summed E-state index contributed by atoms with van der Waals surface area (Å²) in [4.78, 5) is 14.8. The Bertz CT molecular complexity index is 694. The molecule has 4 heteroatoms. The summed E-state index contributed by atoms with van der Waals surface area (Å²) in [5.74, 6) is 0.139. The predicted molar refractivity (Wildman–Crippen MR) is 86.1 cm³/mol. The number of rotatable bonds is 2. The highest BCUT2D eigenvalue weighted by Gasteiger charge is 2.41. The minimum absolute atomic E-state index is 0.0759. The van der Waals surface area contributed by atoms with Crippen LogP contribution in [0.3, 0.4) is 0 Å². The second-order valence-corrected chi connectivity index (χ2v) is 6.50. The first-order valence-corrected chi connectivity index (χ1v) is 7.97. The second-order valence-electron chi connectivity index (χ2n) is 5.59. The molecular weight excluding hydrogens is 328 g/mol. The van der Waals surface area contributed by atoms with Gasteiger partial charge in [0, 0.05) is 16.2 Å². The van der Waals surface area contributed by atoms with Crippen molar-refractivity contribution in [1.29, 1.82) is 0 Å². The van der Waals surface area contributed by atoms with Gasteiger partial charge in [-0.15, -0.1) is 0 Å². The number of hydrogen-bond donors (Lipinski definition) is 1. The maximum absolute atomic E-state index is 12.8. The highest BCUT2D eigenvalue weighted by Crippen LogP contribution is 2.40. The molecule has 1 amide bonds. The Morgan fingerprint density at radius 2 is 1.76 bits per heavy atom. The average molecular weight is 343 g/mol. The van der Waals surface area contributed by atoms with E-state index in [1.54, 1.807) is 0 Å². The second kappa shape index (κ2) is 4.88. The molecule has 1 aliphatic heterocycles. The molecule has 3 nitrogen and oxygen atoms in total. The van der Waals surface area contributed by atoms with Gasteiger partial charge in [-0.25, -0.2) is 0 Å². The molecule has 1 saturated carbocycles. The number of amides is 1. The molecule has 0 spiro atoms. The summed E-state index contributed by atoms with van der Waals surface area (Å²) in [5.41, 5.74) is 2.82. The zero-order valence-corrected chi connectivity index (χ0v) is 13.0. The number of carbonyl (C=O) groups excluding carboxylic acids is 1. The molecule has 2 aromatic rings. The number of nitrogens with zero attached hydrogens (tertiary/aromatic N) is 1. The number of anilines is 1. The third kappa shape index (κ3) is 2.23. The lowest BCUT2D eigenvalue weighted by Crippen LogP contribution is -2.44. The minimum atomic E-state index is -0.0759. The molecule has 0 radical (unpaired) electrons. The maximum Gasteiger partial charge on any atom is 0.258 e. The van der Waals surface area contributed by atoms with Crippen LogP contribution < -0.4 is 5.32 Å². The van der Waals surface area contributed by atoms with Gasteiger partial charge in [0.2, 0.25) is 0 Å². The zero-order valence-electron chi connectivity index (χ0n) is 11.4. The lowest BCUT2D eigenvalue weighted by atomic mass is 10.0. The molecule has 0 aromatic heterocycles. The first kappa shape index (κ1) is 12.9. The highest BCUT2D eigenvalue weighted by atomic mass is 79.9. The van der Waals surface area contributed by atoms with Gasteiger partial charge < -0.3 is 10.2 Å². The number of nitrogens with one attached hydrogen (secondary N) is 1. The molecule has 1 aliphatic carbocycles. The number of benzene rings is 2. The van der Waals surface area contributed by atoms with Crippen molar-refractivity contribution >= 4 is 27.5 Å². The van der Waals surface area contributed by atoms with E-state index < -0.39 is 0 Å². The van der Waals surface area contributed by atoms with E-state index in [1.165, 1.54) is 0 Å². The van der Waals surface area contributed by atoms with Crippen LogP contribution >= 0.6 is 15.9 Å². The first-order valence-electron chi connectivity index (χ1n) is 7.18. The van der Waals surface area contributed by atoms with Crippen LogP contribution in [0, 0.1) is 0 Å². The molecule has 0 unspecified atom stereocenters. The summed E-state index contributed by atoms with van der Waals surface area (Å²) >= 11 is 3.46. The summed E-state index contributed by atoms with van der Waals surface area (Å²) in [6.45, 7) is 0. The Balaban J connectivity index is 1.78. The maximum atomic E-state index is 12.8. The van der Waals surface area contributed by atoms with Crippen molar-refractivity contribution in [3.63, 3.8) is 0 Å². The standard InChI is InChI=1S/C17H15BrN2O/c18-12-7-5-11(6-8-12)16-19-15-4-2-1-3-14(15)17(21)20(16)13-9-10-13/h1-8,13,16,19H,9-10H2/t16-/m0/s1. The van der Waals surface area contributed by atoms with E-state index in [0.29, 0.717) is 6.04 Å². The number of para-hydroxylation sites is 1.